The summed E-state index contributed by atoms with van der Waals surface area (Å²) in [6, 6.07) is 15.8. The fourth-order valence-electron chi connectivity index (χ4n) is 2.42. The average molecular weight is 319 g/mol. The summed E-state index contributed by atoms with van der Waals surface area (Å²) in [7, 11) is 3.76. The van der Waals surface area contributed by atoms with Crippen LogP contribution in [0, 0.1) is 0 Å². The third-order valence-corrected chi connectivity index (χ3v) is 3.76. The first-order valence-electron chi connectivity index (χ1n) is 6.95. The average Bonchev–Trinajstić information content (AvgIpc) is 2.81. The first-order chi connectivity index (χ1) is 10.1. The number of hydrogen-bond acceptors (Lipinski definition) is 3. The van der Waals surface area contributed by atoms with Crippen LogP contribution in [0.5, 0.6) is 0 Å². The number of nitrogens with zero attached hydrogens (tertiary/aromatic N) is 2. The molecule has 1 heterocycles. The first-order valence-corrected chi connectivity index (χ1v) is 6.95. The fraction of sp³-hybridized carbons (Fsp3) is 0.235. The molecular formula is C17H19ClN2O2. The molecule has 116 valence electrons. The molecule has 0 radical (unpaired) electrons. The zero-order valence-corrected chi connectivity index (χ0v) is 13.6. The maximum atomic E-state index is 12.6. The van der Waals surface area contributed by atoms with Crippen LogP contribution in [0.25, 0.3) is 21.8 Å². The zero-order chi connectivity index (χ0) is 15.0. The molecule has 5 heteroatoms. The minimum atomic E-state index is -0.353. The molecule has 22 heavy (non-hydrogen) atoms. The summed E-state index contributed by atoms with van der Waals surface area (Å²) in [6.07, 6.45) is -0.633. The quantitative estimate of drug-likeness (QED) is 0.667. The van der Waals surface area contributed by atoms with Crippen LogP contribution >= 0.6 is 12.4 Å². The lowest BCUT2D eigenvalue weighted by atomic mass is 10.2. The molecule has 3 aromatic rings. The molecule has 0 saturated heterocycles. The minimum Gasteiger partial charge on any atom is -0.430 e. The molecule has 0 aliphatic carbocycles. The Hall–Kier alpha value is -2.04. The molecular weight excluding hydrogens is 300 g/mol. The van der Waals surface area contributed by atoms with Crippen molar-refractivity contribution in [2.24, 2.45) is 0 Å². The van der Waals surface area contributed by atoms with Gasteiger partial charge in [-0.25, -0.2) is 9.36 Å². The van der Waals surface area contributed by atoms with Gasteiger partial charge in [-0.15, -0.1) is 12.4 Å². The molecule has 0 bridgehead atoms. The largest absolute Gasteiger partial charge is 0.430 e. The monoisotopic (exact) mass is 318 g/mol. The summed E-state index contributed by atoms with van der Waals surface area (Å²) in [5.74, 6) is 0. The Bertz CT molecular complexity index is 757. The van der Waals surface area contributed by atoms with E-state index in [1.54, 1.807) is 4.57 Å². The van der Waals surface area contributed by atoms with Crippen molar-refractivity contribution in [2.45, 2.75) is 13.2 Å². The lowest BCUT2D eigenvalue weighted by Gasteiger charge is -2.20. The van der Waals surface area contributed by atoms with Crippen molar-refractivity contribution < 1.29 is 9.53 Å². The Morgan fingerprint density at radius 3 is 1.91 bits per heavy atom. The van der Waals surface area contributed by atoms with Gasteiger partial charge in [0.1, 0.15) is 0 Å². The Balaban J connectivity index is 0.00000176. The van der Waals surface area contributed by atoms with E-state index in [-0.39, 0.29) is 24.7 Å². The fourth-order valence-corrected chi connectivity index (χ4v) is 2.42. The van der Waals surface area contributed by atoms with E-state index in [2.05, 4.69) is 0 Å². The van der Waals surface area contributed by atoms with Gasteiger partial charge < -0.3 is 4.74 Å². The van der Waals surface area contributed by atoms with E-state index < -0.39 is 0 Å². The predicted octanol–water partition coefficient (Wildman–Crippen LogP) is 4.11. The smallest absolute Gasteiger partial charge is 0.420 e. The van der Waals surface area contributed by atoms with Crippen molar-refractivity contribution >= 4 is 40.3 Å². The molecule has 0 amide bonds. The van der Waals surface area contributed by atoms with E-state index in [0.29, 0.717) is 0 Å². The molecule has 0 saturated carbocycles. The Labute approximate surface area is 135 Å². The van der Waals surface area contributed by atoms with Crippen molar-refractivity contribution in [1.82, 2.24) is 9.47 Å². The van der Waals surface area contributed by atoms with Crippen LogP contribution in [-0.4, -0.2) is 35.9 Å². The maximum absolute atomic E-state index is 12.6. The van der Waals surface area contributed by atoms with Crippen LogP contribution < -0.4 is 0 Å². The SMILES string of the molecule is CC(OC(=O)n1c2ccccc2c2ccccc21)N(C)C.Cl. The van der Waals surface area contributed by atoms with E-state index in [0.717, 1.165) is 21.8 Å². The summed E-state index contributed by atoms with van der Waals surface area (Å²) in [5, 5.41) is 2.12. The van der Waals surface area contributed by atoms with Gasteiger partial charge in [0.25, 0.3) is 0 Å². The third kappa shape index (κ3) is 2.67. The molecule has 1 atom stereocenters. The molecule has 0 N–H and O–H groups in total. The van der Waals surface area contributed by atoms with E-state index >= 15 is 0 Å². The van der Waals surface area contributed by atoms with E-state index in [1.165, 1.54) is 0 Å². The lowest BCUT2D eigenvalue weighted by molar-refractivity contribution is 0.0290. The number of fused-ring (bicyclic) bond motifs is 3. The van der Waals surface area contributed by atoms with Crippen LogP contribution in [0.1, 0.15) is 6.92 Å². The number of para-hydroxylation sites is 2. The minimum absolute atomic E-state index is 0. The van der Waals surface area contributed by atoms with Gasteiger partial charge in [0.15, 0.2) is 6.23 Å². The van der Waals surface area contributed by atoms with Gasteiger partial charge >= 0.3 is 6.09 Å². The number of rotatable bonds is 2. The van der Waals surface area contributed by atoms with Gasteiger partial charge in [-0.2, -0.15) is 0 Å². The Kier molecular flexibility index (Phi) is 4.74. The normalized spacial score (nSPS) is 12.4. The second kappa shape index (κ2) is 6.38. The Morgan fingerprint density at radius 1 is 1.00 bits per heavy atom. The number of carbonyl (C=O) groups excluding carboxylic acids is 1. The number of carbonyl (C=O) groups is 1. The van der Waals surface area contributed by atoms with E-state index in [9.17, 15) is 4.79 Å². The predicted molar refractivity (Wildman–Crippen MR) is 91.7 cm³/mol. The molecule has 1 unspecified atom stereocenters. The van der Waals surface area contributed by atoms with Gasteiger partial charge in [-0.05, 0) is 33.2 Å². The second-order valence-electron chi connectivity index (χ2n) is 5.32. The van der Waals surface area contributed by atoms with Crippen molar-refractivity contribution in [3.63, 3.8) is 0 Å². The molecule has 1 aromatic heterocycles. The van der Waals surface area contributed by atoms with E-state index in [4.69, 9.17) is 4.74 Å². The number of halogens is 1. The topological polar surface area (TPSA) is 34.5 Å². The number of hydrogen-bond donors (Lipinski definition) is 0. The van der Waals surface area contributed by atoms with Gasteiger partial charge in [0, 0.05) is 10.8 Å². The summed E-state index contributed by atoms with van der Waals surface area (Å²) >= 11 is 0. The molecule has 2 aromatic carbocycles. The molecule has 3 rings (SSSR count). The molecule has 0 aliphatic heterocycles. The summed E-state index contributed by atoms with van der Waals surface area (Å²) in [4.78, 5) is 14.4. The van der Waals surface area contributed by atoms with Gasteiger partial charge in [0.05, 0.1) is 11.0 Å². The highest BCUT2D eigenvalue weighted by molar-refractivity contribution is 6.12. The van der Waals surface area contributed by atoms with Crippen LogP contribution in [-0.2, 0) is 4.74 Å². The van der Waals surface area contributed by atoms with Crippen LogP contribution in [0.3, 0.4) is 0 Å². The highest BCUT2D eigenvalue weighted by Gasteiger charge is 2.19. The van der Waals surface area contributed by atoms with Crippen LogP contribution in [0.4, 0.5) is 4.79 Å². The number of aromatic nitrogens is 1. The van der Waals surface area contributed by atoms with Crippen LogP contribution in [0.2, 0.25) is 0 Å². The van der Waals surface area contributed by atoms with Crippen molar-refractivity contribution in [1.29, 1.82) is 0 Å². The van der Waals surface area contributed by atoms with Crippen molar-refractivity contribution in [3.05, 3.63) is 48.5 Å². The van der Waals surface area contributed by atoms with Crippen LogP contribution in [0.15, 0.2) is 48.5 Å². The Morgan fingerprint density at radius 2 is 1.45 bits per heavy atom. The second-order valence-corrected chi connectivity index (χ2v) is 5.32. The molecule has 0 aliphatic rings. The van der Waals surface area contributed by atoms with Crippen molar-refractivity contribution in [2.75, 3.05) is 14.1 Å². The summed E-state index contributed by atoms with van der Waals surface area (Å²) in [6.45, 7) is 1.85. The van der Waals surface area contributed by atoms with E-state index in [1.807, 2.05) is 74.4 Å². The summed E-state index contributed by atoms with van der Waals surface area (Å²) in [5.41, 5.74) is 1.74. The highest BCUT2D eigenvalue weighted by atomic mass is 35.5. The summed E-state index contributed by atoms with van der Waals surface area (Å²) < 4.78 is 7.17. The van der Waals surface area contributed by atoms with Gasteiger partial charge in [-0.3, -0.25) is 4.90 Å². The standard InChI is InChI=1S/C17H18N2O2.ClH/c1-12(18(2)3)21-17(20)19-15-10-6-4-8-13(15)14-9-5-7-11-16(14)19;/h4-12H,1-3H3;1H. The lowest BCUT2D eigenvalue weighted by Crippen LogP contribution is -2.31. The third-order valence-electron chi connectivity index (χ3n) is 3.76. The molecule has 0 fully saturated rings. The highest BCUT2D eigenvalue weighted by Crippen LogP contribution is 2.28. The zero-order valence-electron chi connectivity index (χ0n) is 12.8. The van der Waals surface area contributed by atoms with Gasteiger partial charge in [-0.1, -0.05) is 36.4 Å². The number of ether oxygens (including phenoxy) is 1. The molecule has 4 nitrogen and oxygen atoms in total. The van der Waals surface area contributed by atoms with Crippen molar-refractivity contribution in [3.8, 4) is 0 Å². The number of benzene rings is 2. The maximum Gasteiger partial charge on any atom is 0.420 e. The first kappa shape index (κ1) is 16.3. The molecule has 0 spiro atoms. The van der Waals surface area contributed by atoms with Gasteiger partial charge in [0.2, 0.25) is 0 Å².